The first-order valence-corrected chi connectivity index (χ1v) is 7.01. The summed E-state index contributed by atoms with van der Waals surface area (Å²) in [4.78, 5) is 0. The summed E-state index contributed by atoms with van der Waals surface area (Å²) in [5, 5.41) is 10.6. The molecule has 2 aromatic rings. The number of thioether (sulfide) groups is 1. The Kier molecular flexibility index (Phi) is 3.05. The molecule has 0 saturated carbocycles. The maximum absolute atomic E-state index is 3.98. The van der Waals surface area contributed by atoms with Crippen LogP contribution in [0.3, 0.4) is 0 Å². The first kappa shape index (κ1) is 10.7. The second-order valence-corrected chi connectivity index (χ2v) is 5.41. The van der Waals surface area contributed by atoms with Crippen LogP contribution in [-0.4, -0.2) is 27.7 Å². The van der Waals surface area contributed by atoms with E-state index in [0.29, 0.717) is 6.04 Å². The maximum atomic E-state index is 3.98. The highest BCUT2D eigenvalue weighted by Crippen LogP contribution is 2.24. The smallest absolute Gasteiger partial charge is 0.0650 e. The van der Waals surface area contributed by atoms with Gasteiger partial charge in [0.25, 0.3) is 0 Å². The Balaban J connectivity index is 1.79. The van der Waals surface area contributed by atoms with Gasteiger partial charge in [-0.2, -0.15) is 16.9 Å². The van der Waals surface area contributed by atoms with Crippen molar-refractivity contribution in [1.29, 1.82) is 0 Å². The number of nitrogens with zero attached hydrogens (tertiary/aromatic N) is 1. The lowest BCUT2D eigenvalue weighted by molar-refractivity contribution is 0.813. The van der Waals surface area contributed by atoms with Crippen molar-refractivity contribution in [3.63, 3.8) is 0 Å². The monoisotopic (exact) mass is 245 g/mol. The SMILES string of the molecule is c1cc(NC2CCSC2)cc(-c2ccn[nH]2)c1. The summed E-state index contributed by atoms with van der Waals surface area (Å²) in [6.07, 6.45) is 3.04. The quantitative estimate of drug-likeness (QED) is 0.873. The van der Waals surface area contributed by atoms with Crippen molar-refractivity contribution in [2.75, 3.05) is 16.8 Å². The molecule has 0 amide bonds. The zero-order chi connectivity index (χ0) is 11.5. The molecule has 0 bridgehead atoms. The first-order chi connectivity index (χ1) is 8.42. The van der Waals surface area contributed by atoms with Gasteiger partial charge in [-0.15, -0.1) is 0 Å². The van der Waals surface area contributed by atoms with Gasteiger partial charge in [0.1, 0.15) is 0 Å². The Morgan fingerprint density at radius 1 is 1.35 bits per heavy atom. The summed E-state index contributed by atoms with van der Waals surface area (Å²) in [6.45, 7) is 0. The molecule has 17 heavy (non-hydrogen) atoms. The molecule has 2 N–H and O–H groups in total. The minimum absolute atomic E-state index is 0.622. The fourth-order valence-electron chi connectivity index (χ4n) is 2.08. The summed E-state index contributed by atoms with van der Waals surface area (Å²) in [6, 6.07) is 11.1. The van der Waals surface area contributed by atoms with Crippen molar-refractivity contribution >= 4 is 17.4 Å². The van der Waals surface area contributed by atoms with E-state index in [9.17, 15) is 0 Å². The highest BCUT2D eigenvalue weighted by atomic mass is 32.2. The Labute approximate surface area is 105 Å². The van der Waals surface area contributed by atoms with Crippen LogP contribution >= 0.6 is 11.8 Å². The van der Waals surface area contributed by atoms with Gasteiger partial charge in [0.05, 0.1) is 5.69 Å². The van der Waals surface area contributed by atoms with E-state index in [1.807, 2.05) is 17.8 Å². The van der Waals surface area contributed by atoms with E-state index in [0.717, 1.165) is 5.69 Å². The topological polar surface area (TPSA) is 40.7 Å². The second kappa shape index (κ2) is 4.84. The number of anilines is 1. The van der Waals surface area contributed by atoms with E-state index in [4.69, 9.17) is 0 Å². The number of nitrogens with one attached hydrogen (secondary N) is 2. The van der Waals surface area contributed by atoms with E-state index in [-0.39, 0.29) is 0 Å². The van der Waals surface area contributed by atoms with Crippen LogP contribution in [0, 0.1) is 0 Å². The Morgan fingerprint density at radius 2 is 2.35 bits per heavy atom. The molecule has 1 aromatic heterocycles. The van der Waals surface area contributed by atoms with E-state index >= 15 is 0 Å². The molecule has 1 aromatic carbocycles. The first-order valence-electron chi connectivity index (χ1n) is 5.86. The fourth-order valence-corrected chi connectivity index (χ4v) is 3.23. The third-order valence-electron chi connectivity index (χ3n) is 2.97. The van der Waals surface area contributed by atoms with Crippen LogP contribution in [0.2, 0.25) is 0 Å². The number of rotatable bonds is 3. The maximum Gasteiger partial charge on any atom is 0.0650 e. The number of hydrogen-bond acceptors (Lipinski definition) is 3. The molecule has 0 aliphatic carbocycles. The Bertz CT molecular complexity index is 475. The van der Waals surface area contributed by atoms with Crippen LogP contribution in [-0.2, 0) is 0 Å². The summed E-state index contributed by atoms with van der Waals surface area (Å²) in [7, 11) is 0. The Morgan fingerprint density at radius 3 is 3.12 bits per heavy atom. The molecule has 88 valence electrons. The van der Waals surface area contributed by atoms with Gasteiger partial charge in [-0.3, -0.25) is 5.10 Å². The average Bonchev–Trinajstić information content (AvgIpc) is 3.01. The van der Waals surface area contributed by atoms with Gasteiger partial charge in [0.2, 0.25) is 0 Å². The van der Waals surface area contributed by atoms with Gasteiger partial charge in [-0.05, 0) is 30.4 Å². The molecule has 1 unspecified atom stereocenters. The van der Waals surface area contributed by atoms with Crippen LogP contribution in [0.5, 0.6) is 0 Å². The van der Waals surface area contributed by atoms with Crippen molar-refractivity contribution in [3.05, 3.63) is 36.5 Å². The highest BCUT2D eigenvalue weighted by molar-refractivity contribution is 7.99. The standard InChI is InChI=1S/C13H15N3S/c1-2-10(13-4-6-14-16-13)8-11(3-1)15-12-5-7-17-9-12/h1-4,6,8,12,15H,5,7,9H2,(H,14,16). The molecule has 4 heteroatoms. The molecule has 2 heterocycles. The summed E-state index contributed by atoms with van der Waals surface area (Å²) < 4.78 is 0. The molecule has 1 aliphatic heterocycles. The second-order valence-electron chi connectivity index (χ2n) is 4.26. The van der Waals surface area contributed by atoms with Crippen molar-refractivity contribution in [2.24, 2.45) is 0 Å². The summed E-state index contributed by atoms with van der Waals surface area (Å²) >= 11 is 2.02. The normalized spacial score (nSPS) is 19.4. The lowest BCUT2D eigenvalue weighted by Gasteiger charge is -2.13. The van der Waals surface area contributed by atoms with Gasteiger partial charge in [0.15, 0.2) is 0 Å². The summed E-state index contributed by atoms with van der Waals surface area (Å²) in [5.74, 6) is 2.49. The van der Waals surface area contributed by atoms with Crippen molar-refractivity contribution in [3.8, 4) is 11.3 Å². The number of H-pyrrole nitrogens is 1. The number of aromatic amines is 1. The van der Waals surface area contributed by atoms with Crippen LogP contribution in [0.15, 0.2) is 36.5 Å². The van der Waals surface area contributed by atoms with Gasteiger partial charge < -0.3 is 5.32 Å². The molecular formula is C13H15N3S. The number of benzene rings is 1. The Hall–Kier alpha value is -1.42. The third-order valence-corrected chi connectivity index (χ3v) is 4.14. The van der Waals surface area contributed by atoms with Crippen molar-refractivity contribution in [2.45, 2.75) is 12.5 Å². The summed E-state index contributed by atoms with van der Waals surface area (Å²) in [5.41, 5.74) is 3.44. The predicted molar refractivity (Wildman–Crippen MR) is 73.4 cm³/mol. The molecule has 3 rings (SSSR count). The van der Waals surface area contributed by atoms with E-state index in [2.05, 4.69) is 39.8 Å². The van der Waals surface area contributed by atoms with Gasteiger partial charge in [-0.1, -0.05) is 12.1 Å². The van der Waals surface area contributed by atoms with E-state index in [1.54, 1.807) is 6.20 Å². The molecule has 3 nitrogen and oxygen atoms in total. The average molecular weight is 245 g/mol. The van der Waals surface area contributed by atoms with Gasteiger partial charge in [-0.25, -0.2) is 0 Å². The zero-order valence-electron chi connectivity index (χ0n) is 9.52. The molecular weight excluding hydrogens is 230 g/mol. The number of hydrogen-bond donors (Lipinski definition) is 2. The van der Waals surface area contributed by atoms with Crippen molar-refractivity contribution < 1.29 is 0 Å². The van der Waals surface area contributed by atoms with E-state index < -0.39 is 0 Å². The van der Waals surface area contributed by atoms with Crippen molar-refractivity contribution in [1.82, 2.24) is 10.2 Å². The van der Waals surface area contributed by atoms with Gasteiger partial charge in [0, 0.05) is 29.2 Å². The highest BCUT2D eigenvalue weighted by Gasteiger charge is 2.14. The minimum Gasteiger partial charge on any atom is -0.381 e. The molecule has 1 fully saturated rings. The van der Waals surface area contributed by atoms with Crippen LogP contribution in [0.1, 0.15) is 6.42 Å². The van der Waals surface area contributed by atoms with Crippen LogP contribution in [0.25, 0.3) is 11.3 Å². The molecule has 0 radical (unpaired) electrons. The molecule has 1 atom stereocenters. The minimum atomic E-state index is 0.622. The van der Waals surface area contributed by atoms with Gasteiger partial charge >= 0.3 is 0 Å². The lowest BCUT2D eigenvalue weighted by Crippen LogP contribution is -2.17. The molecule has 0 spiro atoms. The zero-order valence-corrected chi connectivity index (χ0v) is 10.3. The third kappa shape index (κ3) is 2.47. The van der Waals surface area contributed by atoms with E-state index in [1.165, 1.54) is 29.2 Å². The van der Waals surface area contributed by atoms with Crippen LogP contribution < -0.4 is 5.32 Å². The number of aromatic nitrogens is 2. The predicted octanol–water partition coefficient (Wildman–Crippen LogP) is 2.99. The fraction of sp³-hybridized carbons (Fsp3) is 0.308. The van der Waals surface area contributed by atoms with Crippen LogP contribution in [0.4, 0.5) is 5.69 Å². The molecule has 1 saturated heterocycles. The largest absolute Gasteiger partial charge is 0.381 e. The lowest BCUT2D eigenvalue weighted by atomic mass is 10.1. The molecule has 1 aliphatic rings.